The highest BCUT2D eigenvalue weighted by Crippen LogP contribution is 2.29. The zero-order chi connectivity index (χ0) is 16.0. The molecule has 0 fully saturated rings. The highest BCUT2D eigenvalue weighted by atomic mass is 35.5. The minimum atomic E-state index is -0.311. The molecule has 4 rings (SSSR count). The molecule has 2 N–H and O–H groups in total. The SMILES string of the molecule is O=C(Nc1ccccc1Cl)c1c2nc[nH]c(=O)c2c2n1CCC2. The largest absolute Gasteiger partial charge is 0.338 e. The summed E-state index contributed by atoms with van der Waals surface area (Å²) < 4.78 is 1.89. The Morgan fingerprint density at radius 2 is 2.17 bits per heavy atom. The Morgan fingerprint density at radius 3 is 3.00 bits per heavy atom. The Balaban J connectivity index is 1.86. The van der Waals surface area contributed by atoms with Gasteiger partial charge in [-0.25, -0.2) is 4.98 Å². The van der Waals surface area contributed by atoms with E-state index >= 15 is 0 Å². The van der Waals surface area contributed by atoms with E-state index in [1.165, 1.54) is 6.33 Å². The van der Waals surface area contributed by atoms with Crippen molar-refractivity contribution >= 4 is 34.1 Å². The van der Waals surface area contributed by atoms with Gasteiger partial charge in [-0.3, -0.25) is 9.59 Å². The van der Waals surface area contributed by atoms with Crippen LogP contribution in [-0.2, 0) is 13.0 Å². The lowest BCUT2D eigenvalue weighted by Gasteiger charge is -2.09. The topological polar surface area (TPSA) is 79.8 Å². The Kier molecular flexibility index (Phi) is 3.20. The fraction of sp³-hybridized carbons (Fsp3) is 0.188. The van der Waals surface area contributed by atoms with Crippen LogP contribution in [0.1, 0.15) is 22.6 Å². The lowest BCUT2D eigenvalue weighted by molar-refractivity contribution is 0.102. The van der Waals surface area contributed by atoms with E-state index in [1.807, 2.05) is 4.57 Å². The fourth-order valence-corrected chi connectivity index (χ4v) is 3.31. The van der Waals surface area contributed by atoms with E-state index in [2.05, 4.69) is 15.3 Å². The molecule has 0 spiro atoms. The van der Waals surface area contributed by atoms with Crippen LogP contribution in [0.25, 0.3) is 10.9 Å². The van der Waals surface area contributed by atoms with Crippen molar-refractivity contribution in [2.24, 2.45) is 0 Å². The minimum Gasteiger partial charge on any atom is -0.338 e. The summed E-state index contributed by atoms with van der Waals surface area (Å²) in [4.78, 5) is 31.7. The van der Waals surface area contributed by atoms with Crippen LogP contribution in [0.3, 0.4) is 0 Å². The predicted molar refractivity (Wildman–Crippen MR) is 88.1 cm³/mol. The quantitative estimate of drug-likeness (QED) is 0.758. The first-order valence-corrected chi connectivity index (χ1v) is 7.69. The van der Waals surface area contributed by atoms with E-state index in [0.29, 0.717) is 33.9 Å². The summed E-state index contributed by atoms with van der Waals surface area (Å²) in [7, 11) is 0. The zero-order valence-corrected chi connectivity index (χ0v) is 12.9. The molecule has 3 heterocycles. The fourth-order valence-electron chi connectivity index (χ4n) is 3.13. The van der Waals surface area contributed by atoms with Crippen LogP contribution in [-0.4, -0.2) is 20.4 Å². The number of carbonyl (C=O) groups is 1. The number of hydrogen-bond donors (Lipinski definition) is 2. The van der Waals surface area contributed by atoms with E-state index in [-0.39, 0.29) is 11.5 Å². The molecule has 0 unspecified atom stereocenters. The molecule has 0 atom stereocenters. The summed E-state index contributed by atoms with van der Waals surface area (Å²) in [6.45, 7) is 0.705. The Bertz CT molecular complexity index is 989. The van der Waals surface area contributed by atoms with Crippen LogP contribution >= 0.6 is 11.6 Å². The third-order valence-corrected chi connectivity index (χ3v) is 4.42. The molecule has 1 aliphatic rings. The summed E-state index contributed by atoms with van der Waals surface area (Å²) in [5.74, 6) is -0.311. The first kappa shape index (κ1) is 14.0. The number of carbonyl (C=O) groups excluding carboxylic acids is 1. The average Bonchev–Trinajstić information content (AvgIpc) is 3.09. The van der Waals surface area contributed by atoms with Crippen molar-refractivity contribution in [3.8, 4) is 0 Å². The Labute approximate surface area is 136 Å². The zero-order valence-electron chi connectivity index (χ0n) is 12.1. The van der Waals surface area contributed by atoms with Crippen molar-refractivity contribution in [3.63, 3.8) is 0 Å². The molecule has 1 aliphatic heterocycles. The highest BCUT2D eigenvalue weighted by molar-refractivity contribution is 6.34. The predicted octanol–water partition coefficient (Wildman–Crippen LogP) is 2.58. The number of aromatic amines is 1. The Hall–Kier alpha value is -2.60. The van der Waals surface area contributed by atoms with Gasteiger partial charge in [-0.05, 0) is 25.0 Å². The van der Waals surface area contributed by atoms with E-state index < -0.39 is 0 Å². The van der Waals surface area contributed by atoms with Gasteiger partial charge in [0.15, 0.2) is 0 Å². The number of hydrogen-bond acceptors (Lipinski definition) is 3. The van der Waals surface area contributed by atoms with Crippen molar-refractivity contribution in [2.45, 2.75) is 19.4 Å². The van der Waals surface area contributed by atoms with Crippen molar-refractivity contribution < 1.29 is 4.79 Å². The molecule has 6 nitrogen and oxygen atoms in total. The van der Waals surface area contributed by atoms with Gasteiger partial charge in [-0.15, -0.1) is 0 Å². The van der Waals surface area contributed by atoms with Crippen molar-refractivity contribution in [1.82, 2.24) is 14.5 Å². The number of amides is 1. The van der Waals surface area contributed by atoms with Gasteiger partial charge in [0.05, 0.1) is 22.4 Å². The van der Waals surface area contributed by atoms with Crippen molar-refractivity contribution in [3.05, 3.63) is 57.4 Å². The molecule has 116 valence electrons. The number of H-pyrrole nitrogens is 1. The molecule has 1 amide bonds. The maximum absolute atomic E-state index is 12.8. The number of halogens is 1. The minimum absolute atomic E-state index is 0.211. The van der Waals surface area contributed by atoms with Gasteiger partial charge < -0.3 is 14.9 Å². The van der Waals surface area contributed by atoms with Crippen LogP contribution in [0.4, 0.5) is 5.69 Å². The number of aryl methyl sites for hydroxylation is 1. The number of nitrogens with one attached hydrogen (secondary N) is 2. The normalized spacial score (nSPS) is 13.3. The second-order valence-corrected chi connectivity index (χ2v) is 5.85. The third kappa shape index (κ3) is 2.14. The second kappa shape index (κ2) is 5.24. The van der Waals surface area contributed by atoms with Gasteiger partial charge in [0.1, 0.15) is 11.2 Å². The van der Waals surface area contributed by atoms with Gasteiger partial charge in [0.25, 0.3) is 11.5 Å². The van der Waals surface area contributed by atoms with Gasteiger partial charge in [-0.1, -0.05) is 23.7 Å². The van der Waals surface area contributed by atoms with E-state index in [1.54, 1.807) is 24.3 Å². The maximum Gasteiger partial charge on any atom is 0.274 e. The Morgan fingerprint density at radius 1 is 1.35 bits per heavy atom. The summed E-state index contributed by atoms with van der Waals surface area (Å²) in [5, 5.41) is 3.78. The smallest absolute Gasteiger partial charge is 0.274 e. The summed E-state index contributed by atoms with van der Waals surface area (Å²) >= 11 is 6.10. The number of fused-ring (bicyclic) bond motifs is 3. The number of rotatable bonds is 2. The monoisotopic (exact) mass is 328 g/mol. The summed E-state index contributed by atoms with van der Waals surface area (Å²) in [6, 6.07) is 7.03. The standard InChI is InChI=1S/C16H13ClN4O2/c17-9-4-1-2-5-10(9)20-16(23)14-13-12(15(22)19-8-18-13)11-6-3-7-21(11)14/h1-2,4-5,8H,3,6-7H2,(H,20,23)(H,18,19,22). The molecule has 23 heavy (non-hydrogen) atoms. The average molecular weight is 329 g/mol. The first-order chi connectivity index (χ1) is 11.2. The lowest BCUT2D eigenvalue weighted by Crippen LogP contribution is -2.17. The molecule has 2 aromatic heterocycles. The number of nitrogens with zero attached hydrogens (tertiary/aromatic N) is 2. The molecule has 7 heteroatoms. The van der Waals surface area contributed by atoms with Crippen LogP contribution in [0.15, 0.2) is 35.4 Å². The van der Waals surface area contributed by atoms with Gasteiger partial charge in [0, 0.05) is 12.2 Å². The van der Waals surface area contributed by atoms with Crippen LogP contribution in [0, 0.1) is 0 Å². The summed E-state index contributed by atoms with van der Waals surface area (Å²) in [5.41, 5.74) is 2.05. The molecule has 0 saturated heterocycles. The number of anilines is 1. The van der Waals surface area contributed by atoms with Crippen LogP contribution in [0.5, 0.6) is 0 Å². The maximum atomic E-state index is 12.8. The molecule has 0 bridgehead atoms. The van der Waals surface area contributed by atoms with Gasteiger partial charge >= 0.3 is 0 Å². The molecular formula is C16H13ClN4O2. The van der Waals surface area contributed by atoms with Crippen molar-refractivity contribution in [1.29, 1.82) is 0 Å². The van der Waals surface area contributed by atoms with Gasteiger partial charge in [0.2, 0.25) is 0 Å². The van der Waals surface area contributed by atoms with Crippen LogP contribution in [0.2, 0.25) is 5.02 Å². The van der Waals surface area contributed by atoms with E-state index in [0.717, 1.165) is 18.5 Å². The number of para-hydroxylation sites is 1. The molecule has 0 saturated carbocycles. The lowest BCUT2D eigenvalue weighted by atomic mass is 10.2. The highest BCUT2D eigenvalue weighted by Gasteiger charge is 2.27. The second-order valence-electron chi connectivity index (χ2n) is 5.44. The summed E-state index contributed by atoms with van der Waals surface area (Å²) in [6.07, 6.45) is 3.00. The number of aromatic nitrogens is 3. The molecular weight excluding hydrogens is 316 g/mol. The van der Waals surface area contributed by atoms with Gasteiger partial charge in [-0.2, -0.15) is 0 Å². The van der Waals surface area contributed by atoms with E-state index in [9.17, 15) is 9.59 Å². The third-order valence-electron chi connectivity index (χ3n) is 4.09. The molecule has 1 aromatic carbocycles. The molecule has 0 aliphatic carbocycles. The molecule has 0 radical (unpaired) electrons. The molecule has 3 aromatic rings. The van der Waals surface area contributed by atoms with Crippen molar-refractivity contribution in [2.75, 3.05) is 5.32 Å². The first-order valence-electron chi connectivity index (χ1n) is 7.31. The van der Waals surface area contributed by atoms with Crippen LogP contribution < -0.4 is 10.9 Å². The van der Waals surface area contributed by atoms with E-state index in [4.69, 9.17) is 11.6 Å². The number of benzene rings is 1.